The molecule has 0 aliphatic carbocycles. The number of anilines is 1. The number of sulfonamides is 1. The standard InChI is InChI=1S/C11H16N2O4S/c1-3-17-11(14)8-13(2)9-4-6-10(7-5-9)18(12,15)16/h4-7H,3,8H2,1-2H3,(H2,12,15,16). The highest BCUT2D eigenvalue weighted by Crippen LogP contribution is 2.15. The van der Waals surface area contributed by atoms with Crippen molar-refractivity contribution in [3.05, 3.63) is 24.3 Å². The molecule has 7 heteroatoms. The number of carbonyl (C=O) groups excluding carboxylic acids is 1. The van der Waals surface area contributed by atoms with E-state index in [2.05, 4.69) is 0 Å². The van der Waals surface area contributed by atoms with Gasteiger partial charge in [0, 0.05) is 12.7 Å². The lowest BCUT2D eigenvalue weighted by Crippen LogP contribution is -2.27. The SMILES string of the molecule is CCOC(=O)CN(C)c1ccc(S(N)(=O)=O)cc1. The summed E-state index contributed by atoms with van der Waals surface area (Å²) in [5.74, 6) is -0.337. The highest BCUT2D eigenvalue weighted by molar-refractivity contribution is 7.89. The lowest BCUT2D eigenvalue weighted by molar-refractivity contribution is -0.141. The number of nitrogens with zero attached hydrogens (tertiary/aromatic N) is 1. The van der Waals surface area contributed by atoms with E-state index in [-0.39, 0.29) is 17.4 Å². The van der Waals surface area contributed by atoms with Gasteiger partial charge in [-0.25, -0.2) is 13.6 Å². The Morgan fingerprint density at radius 3 is 2.33 bits per heavy atom. The Morgan fingerprint density at radius 1 is 1.33 bits per heavy atom. The van der Waals surface area contributed by atoms with E-state index in [1.807, 2.05) is 0 Å². The zero-order valence-corrected chi connectivity index (χ0v) is 11.1. The number of nitrogens with two attached hydrogens (primary N) is 1. The lowest BCUT2D eigenvalue weighted by Gasteiger charge is -2.18. The third kappa shape index (κ3) is 4.01. The molecule has 0 aromatic heterocycles. The number of rotatable bonds is 5. The fourth-order valence-corrected chi connectivity index (χ4v) is 1.90. The van der Waals surface area contributed by atoms with Gasteiger partial charge in [0.2, 0.25) is 10.0 Å². The van der Waals surface area contributed by atoms with Crippen LogP contribution in [0, 0.1) is 0 Å². The number of benzene rings is 1. The zero-order chi connectivity index (χ0) is 13.8. The van der Waals surface area contributed by atoms with Gasteiger partial charge in [-0.15, -0.1) is 0 Å². The van der Waals surface area contributed by atoms with E-state index in [0.29, 0.717) is 12.3 Å². The molecule has 0 aliphatic heterocycles. The molecule has 6 nitrogen and oxygen atoms in total. The summed E-state index contributed by atoms with van der Waals surface area (Å²) < 4.78 is 26.9. The van der Waals surface area contributed by atoms with E-state index in [9.17, 15) is 13.2 Å². The van der Waals surface area contributed by atoms with Gasteiger partial charge in [-0.2, -0.15) is 0 Å². The minimum Gasteiger partial charge on any atom is -0.465 e. The minimum atomic E-state index is -3.69. The Kier molecular flexibility index (Phi) is 4.69. The average Bonchev–Trinajstić information content (AvgIpc) is 2.28. The van der Waals surface area contributed by atoms with E-state index in [1.165, 1.54) is 12.1 Å². The fourth-order valence-electron chi connectivity index (χ4n) is 1.38. The second-order valence-corrected chi connectivity index (χ2v) is 5.26. The summed E-state index contributed by atoms with van der Waals surface area (Å²) in [4.78, 5) is 13.0. The maximum Gasteiger partial charge on any atom is 0.325 e. The van der Waals surface area contributed by atoms with Crippen molar-refractivity contribution in [2.24, 2.45) is 5.14 Å². The predicted octanol–water partition coefficient (Wildman–Crippen LogP) is 0.333. The van der Waals surface area contributed by atoms with Crippen molar-refractivity contribution in [3.63, 3.8) is 0 Å². The molecule has 0 unspecified atom stereocenters. The second kappa shape index (κ2) is 5.83. The lowest BCUT2D eigenvalue weighted by atomic mass is 10.3. The summed E-state index contributed by atoms with van der Waals surface area (Å²) >= 11 is 0. The number of hydrogen-bond donors (Lipinski definition) is 1. The Morgan fingerprint density at radius 2 is 1.89 bits per heavy atom. The van der Waals surface area contributed by atoms with Crippen LogP contribution in [0.4, 0.5) is 5.69 Å². The molecule has 0 saturated carbocycles. The van der Waals surface area contributed by atoms with Gasteiger partial charge in [-0.3, -0.25) is 4.79 Å². The van der Waals surface area contributed by atoms with Crippen LogP contribution in [0.15, 0.2) is 29.2 Å². The smallest absolute Gasteiger partial charge is 0.325 e. The quantitative estimate of drug-likeness (QED) is 0.780. The molecular weight excluding hydrogens is 256 g/mol. The normalized spacial score (nSPS) is 11.1. The monoisotopic (exact) mass is 272 g/mol. The first-order valence-corrected chi connectivity index (χ1v) is 6.89. The summed E-state index contributed by atoms with van der Waals surface area (Å²) in [6.45, 7) is 2.17. The average molecular weight is 272 g/mol. The maximum absolute atomic E-state index is 11.3. The van der Waals surface area contributed by atoms with Crippen molar-refractivity contribution in [2.45, 2.75) is 11.8 Å². The largest absolute Gasteiger partial charge is 0.465 e. The molecule has 0 saturated heterocycles. The molecule has 0 atom stereocenters. The Balaban J connectivity index is 2.76. The molecular formula is C11H16N2O4S. The maximum atomic E-state index is 11.3. The highest BCUT2D eigenvalue weighted by Gasteiger charge is 2.10. The number of esters is 1. The third-order valence-electron chi connectivity index (χ3n) is 2.28. The van der Waals surface area contributed by atoms with Gasteiger partial charge in [0.1, 0.15) is 6.54 Å². The first kappa shape index (κ1) is 14.5. The Hall–Kier alpha value is -1.60. The Labute approximate surface area is 106 Å². The molecule has 0 aliphatic rings. The number of carbonyl (C=O) groups is 1. The predicted molar refractivity (Wildman–Crippen MR) is 67.7 cm³/mol. The molecule has 0 amide bonds. The van der Waals surface area contributed by atoms with Crippen LogP contribution >= 0.6 is 0 Å². The van der Waals surface area contributed by atoms with Crippen molar-refractivity contribution in [2.75, 3.05) is 25.1 Å². The van der Waals surface area contributed by atoms with Crippen LogP contribution < -0.4 is 10.0 Å². The van der Waals surface area contributed by atoms with E-state index >= 15 is 0 Å². The third-order valence-corrected chi connectivity index (χ3v) is 3.21. The van der Waals surface area contributed by atoms with Crippen LogP contribution in [-0.4, -0.2) is 34.6 Å². The van der Waals surface area contributed by atoms with Crippen molar-refractivity contribution >= 4 is 21.7 Å². The molecule has 1 rings (SSSR count). The fraction of sp³-hybridized carbons (Fsp3) is 0.364. The Bertz CT molecular complexity index is 510. The van der Waals surface area contributed by atoms with Gasteiger partial charge >= 0.3 is 5.97 Å². The highest BCUT2D eigenvalue weighted by atomic mass is 32.2. The van der Waals surface area contributed by atoms with Gasteiger partial charge in [0.25, 0.3) is 0 Å². The molecule has 2 N–H and O–H groups in total. The van der Waals surface area contributed by atoms with Crippen LogP contribution in [-0.2, 0) is 19.6 Å². The zero-order valence-electron chi connectivity index (χ0n) is 10.3. The van der Waals surface area contributed by atoms with Crippen molar-refractivity contribution in [3.8, 4) is 0 Å². The van der Waals surface area contributed by atoms with E-state index in [0.717, 1.165) is 0 Å². The first-order valence-electron chi connectivity index (χ1n) is 5.34. The number of hydrogen-bond acceptors (Lipinski definition) is 5. The summed E-state index contributed by atoms with van der Waals surface area (Å²) in [5, 5.41) is 4.99. The van der Waals surface area contributed by atoms with Crippen molar-refractivity contribution in [1.29, 1.82) is 0 Å². The molecule has 0 heterocycles. The number of likely N-dealkylation sites (N-methyl/N-ethyl adjacent to an activating group) is 1. The van der Waals surface area contributed by atoms with Crippen LogP contribution in [0.1, 0.15) is 6.92 Å². The topological polar surface area (TPSA) is 89.7 Å². The molecule has 0 radical (unpaired) electrons. The number of ether oxygens (including phenoxy) is 1. The van der Waals surface area contributed by atoms with Crippen LogP contribution in [0.2, 0.25) is 0 Å². The molecule has 0 fully saturated rings. The van der Waals surface area contributed by atoms with Gasteiger partial charge < -0.3 is 9.64 Å². The van der Waals surface area contributed by atoms with Crippen LogP contribution in [0.25, 0.3) is 0 Å². The van der Waals surface area contributed by atoms with E-state index in [1.54, 1.807) is 31.0 Å². The molecule has 1 aromatic carbocycles. The van der Waals surface area contributed by atoms with E-state index < -0.39 is 10.0 Å². The first-order chi connectivity index (χ1) is 8.34. The summed E-state index contributed by atoms with van der Waals surface area (Å²) in [5.41, 5.74) is 0.704. The summed E-state index contributed by atoms with van der Waals surface area (Å²) in [6.07, 6.45) is 0. The molecule has 100 valence electrons. The van der Waals surface area contributed by atoms with Gasteiger partial charge in [-0.05, 0) is 31.2 Å². The second-order valence-electron chi connectivity index (χ2n) is 3.70. The minimum absolute atomic E-state index is 0.0378. The molecule has 18 heavy (non-hydrogen) atoms. The summed E-state index contributed by atoms with van der Waals surface area (Å²) in [6, 6.07) is 5.95. The molecule has 0 spiro atoms. The van der Waals surface area contributed by atoms with Gasteiger partial charge in [0.05, 0.1) is 11.5 Å². The molecule has 0 bridgehead atoms. The van der Waals surface area contributed by atoms with Crippen molar-refractivity contribution in [1.82, 2.24) is 0 Å². The van der Waals surface area contributed by atoms with Gasteiger partial charge in [0.15, 0.2) is 0 Å². The van der Waals surface area contributed by atoms with E-state index in [4.69, 9.17) is 9.88 Å². The van der Waals surface area contributed by atoms with Gasteiger partial charge in [-0.1, -0.05) is 0 Å². The molecule has 1 aromatic rings. The number of primary sulfonamides is 1. The van der Waals surface area contributed by atoms with Crippen LogP contribution in [0.5, 0.6) is 0 Å². The van der Waals surface area contributed by atoms with Crippen molar-refractivity contribution < 1.29 is 17.9 Å². The van der Waals surface area contributed by atoms with Crippen LogP contribution in [0.3, 0.4) is 0 Å². The summed E-state index contributed by atoms with van der Waals surface area (Å²) in [7, 11) is -1.98.